The van der Waals surface area contributed by atoms with Gasteiger partial charge in [0, 0.05) is 13.1 Å². The van der Waals surface area contributed by atoms with Gasteiger partial charge in [-0.25, -0.2) is 0 Å². The van der Waals surface area contributed by atoms with E-state index >= 15 is 0 Å². The Morgan fingerprint density at radius 2 is 1.71 bits per heavy atom. The van der Waals surface area contributed by atoms with Crippen LogP contribution in [0.2, 0.25) is 0 Å². The first-order valence-corrected chi connectivity index (χ1v) is 11.9. The lowest BCUT2D eigenvalue weighted by Crippen LogP contribution is -2.57. The summed E-state index contributed by atoms with van der Waals surface area (Å²) in [5.41, 5.74) is -0.120. The zero-order valence-electron chi connectivity index (χ0n) is 17.3. The van der Waals surface area contributed by atoms with Gasteiger partial charge in [0.25, 0.3) is 0 Å². The summed E-state index contributed by atoms with van der Waals surface area (Å²) in [5.74, 6) is 3.43. The zero-order valence-corrected chi connectivity index (χ0v) is 17.3. The number of likely N-dealkylation sites (tertiary alicyclic amines) is 1. The number of rotatable bonds is 5. The molecular weight excluding hydrogens is 350 g/mol. The van der Waals surface area contributed by atoms with Crippen LogP contribution in [0.1, 0.15) is 70.6 Å². The predicted octanol–water partition coefficient (Wildman–Crippen LogP) is 2.70. The number of carbonyl (C=O) groups is 2. The maximum atomic E-state index is 13.7. The van der Waals surface area contributed by atoms with Crippen LogP contribution in [0.25, 0.3) is 0 Å². The standard InChI is InChI=1S/C23H37N3O2/c27-21(25-7-5-16-3-1-6-24-15-16)20-4-2-8-26(20)22(28)23-12-17-9-18(13-23)11-19(10-17)14-23/h16-20,24H,1-15H2,(H,25,27). The van der Waals surface area contributed by atoms with E-state index < -0.39 is 0 Å². The molecule has 156 valence electrons. The first-order chi connectivity index (χ1) is 13.6. The first kappa shape index (κ1) is 18.9. The number of nitrogens with zero attached hydrogens (tertiary/aromatic N) is 1. The second kappa shape index (κ2) is 7.62. The molecule has 0 spiro atoms. The van der Waals surface area contributed by atoms with E-state index in [1.165, 1.54) is 32.1 Å². The number of hydrogen-bond donors (Lipinski definition) is 2. The molecule has 2 N–H and O–H groups in total. The van der Waals surface area contributed by atoms with Crippen molar-refractivity contribution >= 4 is 11.8 Å². The van der Waals surface area contributed by atoms with Crippen molar-refractivity contribution in [2.24, 2.45) is 29.1 Å². The molecule has 0 aromatic heterocycles. The van der Waals surface area contributed by atoms with E-state index in [2.05, 4.69) is 10.6 Å². The Labute approximate surface area is 169 Å². The van der Waals surface area contributed by atoms with E-state index in [1.54, 1.807) is 0 Å². The SMILES string of the molecule is O=C(NCCC1CCCNC1)C1CCCN1C(=O)C12CC3CC(CC(C3)C1)C2. The van der Waals surface area contributed by atoms with Crippen LogP contribution in [0.5, 0.6) is 0 Å². The van der Waals surface area contributed by atoms with Gasteiger partial charge in [-0.15, -0.1) is 0 Å². The van der Waals surface area contributed by atoms with Crippen molar-refractivity contribution < 1.29 is 9.59 Å². The lowest BCUT2D eigenvalue weighted by atomic mass is 9.49. The molecule has 4 saturated carbocycles. The molecule has 5 nitrogen and oxygen atoms in total. The molecule has 4 bridgehead atoms. The fraction of sp³-hybridized carbons (Fsp3) is 0.913. The van der Waals surface area contributed by atoms with Gasteiger partial charge in [0.2, 0.25) is 11.8 Å². The normalized spacial score (nSPS) is 42.0. The lowest BCUT2D eigenvalue weighted by Gasteiger charge is -2.56. The highest BCUT2D eigenvalue weighted by atomic mass is 16.2. The van der Waals surface area contributed by atoms with Gasteiger partial charge >= 0.3 is 0 Å². The Morgan fingerprint density at radius 3 is 2.36 bits per heavy atom. The van der Waals surface area contributed by atoms with Crippen LogP contribution in [0.3, 0.4) is 0 Å². The maximum absolute atomic E-state index is 13.7. The van der Waals surface area contributed by atoms with Crippen LogP contribution in [-0.4, -0.2) is 48.9 Å². The number of piperidine rings is 1. The van der Waals surface area contributed by atoms with Crippen molar-refractivity contribution in [3.05, 3.63) is 0 Å². The van der Waals surface area contributed by atoms with Gasteiger partial charge in [-0.1, -0.05) is 0 Å². The molecule has 2 unspecified atom stereocenters. The topological polar surface area (TPSA) is 61.4 Å². The average molecular weight is 388 g/mol. The summed E-state index contributed by atoms with van der Waals surface area (Å²) in [5, 5.41) is 6.62. The summed E-state index contributed by atoms with van der Waals surface area (Å²) in [6.45, 7) is 3.74. The van der Waals surface area contributed by atoms with Crippen LogP contribution < -0.4 is 10.6 Å². The largest absolute Gasteiger partial charge is 0.354 e. The second-order valence-corrected chi connectivity index (χ2v) is 10.6. The first-order valence-electron chi connectivity index (χ1n) is 11.9. The quantitative estimate of drug-likeness (QED) is 0.762. The molecule has 5 heteroatoms. The molecule has 2 saturated heterocycles. The van der Waals surface area contributed by atoms with Crippen molar-refractivity contribution in [3.8, 4) is 0 Å². The molecule has 28 heavy (non-hydrogen) atoms. The van der Waals surface area contributed by atoms with E-state index in [4.69, 9.17) is 0 Å². The van der Waals surface area contributed by atoms with Crippen LogP contribution in [0.4, 0.5) is 0 Å². The second-order valence-electron chi connectivity index (χ2n) is 10.6. The summed E-state index contributed by atoms with van der Waals surface area (Å²) >= 11 is 0. The van der Waals surface area contributed by atoms with Crippen molar-refractivity contribution in [1.82, 2.24) is 15.5 Å². The molecule has 6 aliphatic rings. The van der Waals surface area contributed by atoms with Crippen molar-refractivity contribution in [2.75, 3.05) is 26.2 Å². The Kier molecular flexibility index (Phi) is 5.14. The summed E-state index contributed by atoms with van der Waals surface area (Å²) in [7, 11) is 0. The highest BCUT2D eigenvalue weighted by Crippen LogP contribution is 2.60. The molecule has 0 aromatic rings. The van der Waals surface area contributed by atoms with Gasteiger partial charge in [-0.2, -0.15) is 0 Å². The van der Waals surface area contributed by atoms with E-state index in [9.17, 15) is 9.59 Å². The Morgan fingerprint density at radius 1 is 1.00 bits per heavy atom. The third kappa shape index (κ3) is 3.48. The molecular formula is C23H37N3O2. The summed E-state index contributed by atoms with van der Waals surface area (Å²) < 4.78 is 0. The van der Waals surface area contributed by atoms with Gasteiger partial charge in [-0.3, -0.25) is 9.59 Å². The number of hydrogen-bond acceptors (Lipinski definition) is 3. The van der Waals surface area contributed by atoms with E-state index in [0.717, 1.165) is 82.5 Å². The van der Waals surface area contributed by atoms with Crippen LogP contribution in [-0.2, 0) is 9.59 Å². The maximum Gasteiger partial charge on any atom is 0.242 e. The minimum absolute atomic E-state index is 0.0966. The Bertz CT molecular complexity index is 578. The average Bonchev–Trinajstić information content (AvgIpc) is 3.17. The molecule has 4 aliphatic carbocycles. The van der Waals surface area contributed by atoms with Gasteiger partial charge in [0.1, 0.15) is 6.04 Å². The van der Waals surface area contributed by atoms with E-state index in [1.807, 2.05) is 4.90 Å². The zero-order chi connectivity index (χ0) is 19.1. The molecule has 0 aromatic carbocycles. The van der Waals surface area contributed by atoms with Crippen LogP contribution in [0, 0.1) is 29.1 Å². The molecule has 2 heterocycles. The van der Waals surface area contributed by atoms with Crippen LogP contribution in [0.15, 0.2) is 0 Å². The van der Waals surface area contributed by atoms with Gasteiger partial charge in [0.05, 0.1) is 5.41 Å². The minimum Gasteiger partial charge on any atom is -0.354 e. The number of nitrogens with one attached hydrogen (secondary N) is 2. The molecule has 2 atom stereocenters. The van der Waals surface area contributed by atoms with Crippen molar-refractivity contribution in [3.63, 3.8) is 0 Å². The highest BCUT2D eigenvalue weighted by molar-refractivity contribution is 5.91. The van der Waals surface area contributed by atoms with Gasteiger partial charge in [0.15, 0.2) is 0 Å². The molecule has 0 radical (unpaired) electrons. The fourth-order valence-corrected chi connectivity index (χ4v) is 7.65. The smallest absolute Gasteiger partial charge is 0.242 e. The van der Waals surface area contributed by atoms with E-state index in [-0.39, 0.29) is 17.4 Å². The summed E-state index contributed by atoms with van der Waals surface area (Å²) in [6, 6.07) is -0.218. The van der Waals surface area contributed by atoms with E-state index in [0.29, 0.717) is 11.8 Å². The van der Waals surface area contributed by atoms with Crippen molar-refractivity contribution in [2.45, 2.75) is 76.7 Å². The number of amides is 2. The van der Waals surface area contributed by atoms with Crippen molar-refractivity contribution in [1.29, 1.82) is 0 Å². The Hall–Kier alpha value is -1.10. The van der Waals surface area contributed by atoms with Gasteiger partial charge < -0.3 is 15.5 Å². The third-order valence-electron chi connectivity index (χ3n) is 8.56. The lowest BCUT2D eigenvalue weighted by molar-refractivity contribution is -0.160. The monoisotopic (exact) mass is 387 g/mol. The number of carbonyl (C=O) groups excluding carboxylic acids is 2. The summed E-state index contributed by atoms with van der Waals surface area (Å²) in [6.07, 6.45) is 12.7. The Balaban J connectivity index is 1.19. The third-order valence-corrected chi connectivity index (χ3v) is 8.56. The molecule has 2 amide bonds. The predicted molar refractivity (Wildman–Crippen MR) is 109 cm³/mol. The molecule has 6 fully saturated rings. The minimum atomic E-state index is -0.218. The summed E-state index contributed by atoms with van der Waals surface area (Å²) in [4.78, 5) is 28.6. The fourth-order valence-electron chi connectivity index (χ4n) is 7.65. The molecule has 6 rings (SSSR count). The van der Waals surface area contributed by atoms with Crippen LogP contribution >= 0.6 is 0 Å². The highest BCUT2D eigenvalue weighted by Gasteiger charge is 2.56. The van der Waals surface area contributed by atoms with Gasteiger partial charge in [-0.05, 0) is 107 Å². The molecule has 2 aliphatic heterocycles.